The van der Waals surface area contributed by atoms with E-state index in [4.69, 9.17) is 16.3 Å². The van der Waals surface area contributed by atoms with Gasteiger partial charge in [-0.1, -0.05) is 11.6 Å². The van der Waals surface area contributed by atoms with Crippen molar-refractivity contribution in [2.75, 3.05) is 36.4 Å². The predicted molar refractivity (Wildman–Crippen MR) is 135 cm³/mol. The Balaban J connectivity index is 1.39. The maximum atomic E-state index is 13.0. The number of halogens is 1. The molecule has 8 nitrogen and oxygen atoms in total. The van der Waals surface area contributed by atoms with Crippen LogP contribution in [0, 0.1) is 0 Å². The van der Waals surface area contributed by atoms with Crippen LogP contribution in [0.2, 0.25) is 5.02 Å². The van der Waals surface area contributed by atoms with Crippen molar-refractivity contribution < 1.29 is 14.3 Å². The van der Waals surface area contributed by atoms with E-state index in [9.17, 15) is 9.59 Å². The Morgan fingerprint density at radius 1 is 1.09 bits per heavy atom. The van der Waals surface area contributed by atoms with Gasteiger partial charge in [0.15, 0.2) is 0 Å². The number of hydrogen-bond acceptors (Lipinski definition) is 5. The number of benzene rings is 1. The fraction of sp³-hybridized carbons (Fsp3) is 0.400. The first-order valence-corrected chi connectivity index (χ1v) is 11.8. The lowest BCUT2D eigenvalue weighted by atomic mass is 10.2. The summed E-state index contributed by atoms with van der Waals surface area (Å²) in [5.74, 6) is 0.605. The van der Waals surface area contributed by atoms with Crippen molar-refractivity contribution in [3.05, 3.63) is 53.3 Å². The molecule has 1 aliphatic heterocycles. The minimum Gasteiger partial charge on any atom is -0.444 e. The number of rotatable bonds is 4. The quantitative estimate of drug-likeness (QED) is 0.563. The molecule has 1 saturated heterocycles. The minimum absolute atomic E-state index is 0.199. The number of aryl methyl sites for hydroxylation is 1. The molecule has 0 bridgehead atoms. The topological polar surface area (TPSA) is 79.7 Å². The molecule has 1 fully saturated rings. The highest BCUT2D eigenvalue weighted by molar-refractivity contribution is 6.31. The summed E-state index contributed by atoms with van der Waals surface area (Å²) in [5.41, 5.74) is 1.65. The molecule has 2 amide bonds. The van der Waals surface area contributed by atoms with Gasteiger partial charge >= 0.3 is 6.09 Å². The van der Waals surface area contributed by atoms with Crippen molar-refractivity contribution in [3.8, 4) is 0 Å². The number of hydrogen-bond donors (Lipinski definition) is 1. The van der Waals surface area contributed by atoms with Crippen LogP contribution in [0.25, 0.3) is 10.9 Å². The fourth-order valence-corrected chi connectivity index (χ4v) is 4.24. The zero-order chi connectivity index (χ0) is 24.5. The fourth-order valence-electron chi connectivity index (χ4n) is 4.06. The lowest BCUT2D eigenvalue weighted by Gasteiger charge is -2.36. The molecule has 3 aromatic rings. The van der Waals surface area contributed by atoms with Crippen LogP contribution in [0.3, 0.4) is 0 Å². The van der Waals surface area contributed by atoms with Crippen LogP contribution in [0.5, 0.6) is 0 Å². The van der Waals surface area contributed by atoms with Gasteiger partial charge in [0.1, 0.15) is 17.1 Å². The van der Waals surface area contributed by atoms with E-state index in [-0.39, 0.29) is 12.0 Å². The van der Waals surface area contributed by atoms with Gasteiger partial charge in [-0.3, -0.25) is 4.79 Å². The molecule has 3 heterocycles. The van der Waals surface area contributed by atoms with Crippen molar-refractivity contribution in [2.45, 2.75) is 39.8 Å². The number of nitrogens with zero attached hydrogens (tertiary/aromatic N) is 4. The van der Waals surface area contributed by atoms with Crippen LogP contribution in [-0.2, 0) is 11.3 Å². The molecule has 180 valence electrons. The third-order valence-corrected chi connectivity index (χ3v) is 5.91. The first-order chi connectivity index (χ1) is 16.1. The number of ether oxygens (including phenoxy) is 1. The summed E-state index contributed by atoms with van der Waals surface area (Å²) in [5, 5.41) is 4.51. The number of carbonyl (C=O) groups is 2. The summed E-state index contributed by atoms with van der Waals surface area (Å²) >= 11 is 6.11. The molecule has 1 N–H and O–H groups in total. The third-order valence-electron chi connectivity index (χ3n) is 5.67. The normalized spacial score (nSPS) is 14.4. The first kappa shape index (κ1) is 23.9. The predicted octanol–water partition coefficient (Wildman–Crippen LogP) is 5.02. The van der Waals surface area contributed by atoms with Crippen molar-refractivity contribution in [2.24, 2.45) is 0 Å². The maximum Gasteiger partial charge on any atom is 0.410 e. The average molecular weight is 484 g/mol. The Morgan fingerprint density at radius 2 is 1.82 bits per heavy atom. The third kappa shape index (κ3) is 5.28. The van der Waals surface area contributed by atoms with E-state index >= 15 is 0 Å². The number of piperazine rings is 1. The smallest absolute Gasteiger partial charge is 0.410 e. The van der Waals surface area contributed by atoms with E-state index in [0.717, 1.165) is 16.7 Å². The Bertz CT molecular complexity index is 1190. The molecule has 0 unspecified atom stereocenters. The zero-order valence-electron chi connectivity index (χ0n) is 20.0. The molecule has 4 rings (SSSR count). The summed E-state index contributed by atoms with van der Waals surface area (Å²) in [6, 6.07) is 11.2. The number of aromatic nitrogens is 2. The largest absolute Gasteiger partial charge is 0.444 e. The number of carbonyl (C=O) groups excluding carboxylic acids is 2. The van der Waals surface area contributed by atoms with E-state index < -0.39 is 5.60 Å². The summed E-state index contributed by atoms with van der Waals surface area (Å²) in [6.45, 7) is 10.7. The molecule has 1 aliphatic rings. The Labute approximate surface area is 204 Å². The van der Waals surface area contributed by atoms with Crippen LogP contribution >= 0.6 is 11.6 Å². The van der Waals surface area contributed by atoms with Gasteiger partial charge in [-0.2, -0.15) is 0 Å². The lowest BCUT2D eigenvalue weighted by molar-refractivity contribution is 0.0240. The van der Waals surface area contributed by atoms with Gasteiger partial charge in [0.2, 0.25) is 0 Å². The highest BCUT2D eigenvalue weighted by Gasteiger charge is 2.26. The van der Waals surface area contributed by atoms with E-state index in [1.165, 1.54) is 0 Å². The monoisotopic (exact) mass is 483 g/mol. The second-order valence-corrected chi connectivity index (χ2v) is 9.73. The molecule has 0 aliphatic carbocycles. The van der Waals surface area contributed by atoms with Crippen LogP contribution in [-0.4, -0.2) is 58.2 Å². The highest BCUT2D eigenvalue weighted by atomic mass is 35.5. The van der Waals surface area contributed by atoms with Gasteiger partial charge in [-0.25, -0.2) is 9.78 Å². The Hall–Kier alpha value is -3.26. The number of amides is 2. The summed E-state index contributed by atoms with van der Waals surface area (Å²) in [6.07, 6.45) is 1.37. The van der Waals surface area contributed by atoms with E-state index in [1.807, 2.05) is 68.7 Å². The maximum absolute atomic E-state index is 13.0. The van der Waals surface area contributed by atoms with Crippen molar-refractivity contribution in [1.29, 1.82) is 0 Å². The van der Waals surface area contributed by atoms with Crippen molar-refractivity contribution in [1.82, 2.24) is 14.5 Å². The molecule has 0 saturated carbocycles. The SMILES string of the molecule is CCn1c(C(=O)Nc2ccc(N3CCN(C(=O)OC(C)(C)C)CC3)nc2)cc2cc(Cl)ccc21. The number of anilines is 2. The standard InChI is InChI=1S/C25H30ClN5O3/c1-5-31-20-8-6-18(26)14-17(20)15-21(31)23(32)28-19-7-9-22(27-16-19)29-10-12-30(13-11-29)24(33)34-25(2,3)4/h6-9,14-16H,5,10-13H2,1-4H3,(H,28,32). The molecule has 9 heteroatoms. The molecule has 1 aromatic carbocycles. The van der Waals surface area contributed by atoms with Gasteiger partial charge < -0.3 is 24.4 Å². The number of nitrogens with one attached hydrogen (secondary N) is 1. The summed E-state index contributed by atoms with van der Waals surface area (Å²) < 4.78 is 7.42. The molecule has 2 aromatic heterocycles. The van der Waals surface area contributed by atoms with Crippen LogP contribution < -0.4 is 10.2 Å². The molecule has 0 radical (unpaired) electrons. The molecule has 0 atom stereocenters. The van der Waals surface area contributed by atoms with Crippen molar-refractivity contribution >= 4 is 46.0 Å². The summed E-state index contributed by atoms with van der Waals surface area (Å²) in [4.78, 5) is 33.6. The second-order valence-electron chi connectivity index (χ2n) is 9.29. The number of fused-ring (bicyclic) bond motifs is 1. The lowest BCUT2D eigenvalue weighted by Crippen LogP contribution is -2.50. The van der Waals surface area contributed by atoms with Gasteiger partial charge in [0, 0.05) is 48.6 Å². The average Bonchev–Trinajstić information content (AvgIpc) is 3.16. The first-order valence-electron chi connectivity index (χ1n) is 11.4. The van der Waals surface area contributed by atoms with Gasteiger partial charge in [-0.15, -0.1) is 0 Å². The van der Waals surface area contributed by atoms with E-state index in [0.29, 0.717) is 49.1 Å². The van der Waals surface area contributed by atoms with Gasteiger partial charge in [0.25, 0.3) is 5.91 Å². The van der Waals surface area contributed by atoms with Crippen LogP contribution in [0.4, 0.5) is 16.3 Å². The van der Waals surface area contributed by atoms with E-state index in [2.05, 4.69) is 15.2 Å². The van der Waals surface area contributed by atoms with E-state index in [1.54, 1.807) is 11.1 Å². The van der Waals surface area contributed by atoms with Crippen LogP contribution in [0.15, 0.2) is 42.6 Å². The van der Waals surface area contributed by atoms with Crippen LogP contribution in [0.1, 0.15) is 38.2 Å². The molecule has 34 heavy (non-hydrogen) atoms. The number of pyridine rings is 1. The molecule has 0 spiro atoms. The van der Waals surface area contributed by atoms with Gasteiger partial charge in [0.05, 0.1) is 11.9 Å². The molecular formula is C25H30ClN5O3. The molecular weight excluding hydrogens is 454 g/mol. The zero-order valence-corrected chi connectivity index (χ0v) is 20.7. The highest BCUT2D eigenvalue weighted by Crippen LogP contribution is 2.25. The minimum atomic E-state index is -0.505. The van der Waals surface area contributed by atoms with Crippen molar-refractivity contribution in [3.63, 3.8) is 0 Å². The second kappa shape index (κ2) is 9.54. The Kier molecular flexibility index (Phi) is 6.70. The van der Waals surface area contributed by atoms with Gasteiger partial charge in [-0.05, 0) is 64.1 Å². The summed E-state index contributed by atoms with van der Waals surface area (Å²) in [7, 11) is 0. The Morgan fingerprint density at radius 3 is 2.44 bits per heavy atom.